The van der Waals surface area contributed by atoms with Gasteiger partial charge in [0.2, 0.25) is 5.91 Å². The zero-order chi connectivity index (χ0) is 6.74. The molecule has 1 aliphatic rings. The van der Waals surface area contributed by atoms with E-state index in [-0.39, 0.29) is 0 Å². The molecule has 0 radical (unpaired) electrons. The first-order chi connectivity index (χ1) is 4.27. The van der Waals surface area contributed by atoms with Crippen LogP contribution in [0.25, 0.3) is 10.4 Å². The first-order valence-corrected chi connectivity index (χ1v) is 2.61. The molecule has 0 saturated carbocycles. The molecule has 0 aliphatic carbocycles. The van der Waals surface area contributed by atoms with Crippen LogP contribution < -0.4 is 0 Å². The molecule has 0 aromatic rings. The molecule has 0 atom stereocenters. The summed E-state index contributed by atoms with van der Waals surface area (Å²) < 4.78 is 9.88. The van der Waals surface area contributed by atoms with Crippen LogP contribution in [0.5, 0.6) is 0 Å². The van der Waals surface area contributed by atoms with Crippen molar-refractivity contribution < 1.29 is 9.47 Å². The smallest absolute Gasteiger partial charge is 0.246 e. The van der Waals surface area contributed by atoms with Crippen LogP contribution in [0.15, 0.2) is 5.11 Å². The molecule has 1 saturated heterocycles. The Morgan fingerprint density at radius 3 is 2.56 bits per heavy atom. The van der Waals surface area contributed by atoms with Crippen LogP contribution in [0, 0.1) is 0 Å². The van der Waals surface area contributed by atoms with Gasteiger partial charge in [0, 0.05) is 4.91 Å². The van der Waals surface area contributed by atoms with Crippen molar-refractivity contribution in [2.24, 2.45) is 5.11 Å². The van der Waals surface area contributed by atoms with Crippen molar-refractivity contribution in [3.8, 4) is 0 Å². The van der Waals surface area contributed by atoms with E-state index >= 15 is 0 Å². The van der Waals surface area contributed by atoms with Crippen molar-refractivity contribution in [2.45, 2.75) is 12.8 Å². The lowest BCUT2D eigenvalue weighted by Crippen LogP contribution is -2.20. The summed E-state index contributed by atoms with van der Waals surface area (Å²) in [5, 5.41) is 3.29. The molecule has 5 heteroatoms. The van der Waals surface area contributed by atoms with Gasteiger partial charge in [0.15, 0.2) is 0 Å². The molecule has 1 heterocycles. The van der Waals surface area contributed by atoms with E-state index in [9.17, 15) is 0 Å². The topological polar surface area (TPSA) is 67.2 Å². The highest BCUT2D eigenvalue weighted by atomic mass is 16.8. The molecule has 50 valence electrons. The van der Waals surface area contributed by atoms with Gasteiger partial charge in [0.05, 0.1) is 13.2 Å². The van der Waals surface area contributed by atoms with Crippen LogP contribution in [-0.4, -0.2) is 19.1 Å². The lowest BCUT2D eigenvalue weighted by molar-refractivity contribution is -0.135. The number of nitrogens with zero attached hydrogens (tertiary/aromatic N) is 3. The van der Waals surface area contributed by atoms with Crippen LogP contribution in [0.3, 0.4) is 0 Å². The Morgan fingerprint density at radius 2 is 2.11 bits per heavy atom. The molecule has 0 N–H and O–H groups in total. The van der Waals surface area contributed by atoms with Crippen molar-refractivity contribution >= 4 is 0 Å². The van der Waals surface area contributed by atoms with Crippen LogP contribution >= 0.6 is 0 Å². The number of hydrogen-bond donors (Lipinski definition) is 0. The van der Waals surface area contributed by atoms with Gasteiger partial charge >= 0.3 is 0 Å². The summed E-state index contributed by atoms with van der Waals surface area (Å²) in [6, 6.07) is 0. The van der Waals surface area contributed by atoms with Crippen LogP contribution in [0.2, 0.25) is 0 Å². The maximum Gasteiger partial charge on any atom is 0.246 e. The van der Waals surface area contributed by atoms with Gasteiger partial charge in [-0.1, -0.05) is 0 Å². The third kappa shape index (κ3) is 1.32. The summed E-state index contributed by atoms with van der Waals surface area (Å²) in [5.41, 5.74) is 7.99. The van der Waals surface area contributed by atoms with Gasteiger partial charge in [-0.05, 0) is 17.6 Å². The Balaban J connectivity index is 2.61. The van der Waals surface area contributed by atoms with Gasteiger partial charge in [-0.25, -0.2) is 0 Å². The van der Waals surface area contributed by atoms with E-state index in [2.05, 4.69) is 10.0 Å². The van der Waals surface area contributed by atoms with E-state index < -0.39 is 5.91 Å². The fourth-order valence-corrected chi connectivity index (χ4v) is 0.643. The average molecular weight is 129 g/mol. The normalized spacial score (nSPS) is 23.2. The van der Waals surface area contributed by atoms with Gasteiger partial charge in [0.1, 0.15) is 0 Å². The Hall–Kier alpha value is -0.770. The lowest BCUT2D eigenvalue weighted by Gasteiger charge is -2.13. The van der Waals surface area contributed by atoms with E-state index in [1.54, 1.807) is 6.92 Å². The number of hydrogen-bond acceptors (Lipinski definition) is 3. The molecule has 0 spiro atoms. The summed E-state index contributed by atoms with van der Waals surface area (Å²) >= 11 is 0. The highest BCUT2D eigenvalue weighted by Gasteiger charge is 2.28. The van der Waals surface area contributed by atoms with Crippen LogP contribution in [-0.2, 0) is 9.47 Å². The fraction of sp³-hybridized carbons (Fsp3) is 1.00. The number of ether oxygens (including phenoxy) is 2. The lowest BCUT2D eigenvalue weighted by atomic mass is 10.6. The standard InChI is InChI=1S/C4H7N3O2/c1-4(6-7-5)8-2-3-9-4/h2-3H2,1H3. The predicted octanol–water partition coefficient (Wildman–Crippen LogP) is 1.02. The zero-order valence-electron chi connectivity index (χ0n) is 5.07. The molecule has 1 fully saturated rings. The van der Waals surface area contributed by atoms with Crippen molar-refractivity contribution in [1.29, 1.82) is 0 Å². The minimum atomic E-state index is -1.05. The molecule has 0 unspecified atom stereocenters. The number of rotatable bonds is 1. The Labute approximate surface area is 52.2 Å². The minimum absolute atomic E-state index is 0.496. The number of azide groups is 1. The molecule has 1 aliphatic heterocycles. The fourth-order valence-electron chi connectivity index (χ4n) is 0.643. The molecule has 0 bridgehead atoms. The molecule has 5 nitrogen and oxygen atoms in total. The summed E-state index contributed by atoms with van der Waals surface area (Å²) in [5.74, 6) is -1.05. The molecule has 9 heavy (non-hydrogen) atoms. The van der Waals surface area contributed by atoms with Gasteiger partial charge < -0.3 is 9.47 Å². The average Bonchev–Trinajstić information content (AvgIpc) is 2.16. The van der Waals surface area contributed by atoms with Gasteiger partial charge in [-0.15, -0.1) is 0 Å². The molecule has 1 rings (SSSR count). The second kappa shape index (κ2) is 2.23. The van der Waals surface area contributed by atoms with Gasteiger partial charge in [0.25, 0.3) is 0 Å². The van der Waals surface area contributed by atoms with Gasteiger partial charge in [-0.3, -0.25) is 0 Å². The van der Waals surface area contributed by atoms with Crippen molar-refractivity contribution in [3.05, 3.63) is 10.4 Å². The van der Waals surface area contributed by atoms with E-state index in [1.807, 2.05) is 0 Å². The first-order valence-electron chi connectivity index (χ1n) is 2.61. The van der Waals surface area contributed by atoms with Crippen molar-refractivity contribution in [3.63, 3.8) is 0 Å². The second-order valence-electron chi connectivity index (χ2n) is 1.78. The summed E-state index contributed by atoms with van der Waals surface area (Å²) in [6.45, 7) is 2.57. The first kappa shape index (κ1) is 6.35. The predicted molar refractivity (Wildman–Crippen MR) is 29.5 cm³/mol. The minimum Gasteiger partial charge on any atom is -0.343 e. The SMILES string of the molecule is CC1(N=[N+]=[N-])OCCO1. The highest BCUT2D eigenvalue weighted by Crippen LogP contribution is 2.19. The van der Waals surface area contributed by atoms with E-state index in [4.69, 9.17) is 15.0 Å². The third-order valence-electron chi connectivity index (χ3n) is 1.05. The third-order valence-corrected chi connectivity index (χ3v) is 1.05. The van der Waals surface area contributed by atoms with E-state index in [1.165, 1.54) is 0 Å². The summed E-state index contributed by atoms with van der Waals surface area (Å²) in [6.07, 6.45) is 0. The van der Waals surface area contributed by atoms with Gasteiger partial charge in [-0.2, -0.15) is 0 Å². The molecular weight excluding hydrogens is 122 g/mol. The largest absolute Gasteiger partial charge is 0.343 e. The quantitative estimate of drug-likeness (QED) is 0.301. The van der Waals surface area contributed by atoms with Crippen LogP contribution in [0.4, 0.5) is 0 Å². The zero-order valence-corrected chi connectivity index (χ0v) is 5.07. The van der Waals surface area contributed by atoms with E-state index in [0.717, 1.165) is 0 Å². The maximum absolute atomic E-state index is 7.99. The van der Waals surface area contributed by atoms with Crippen molar-refractivity contribution in [2.75, 3.05) is 13.2 Å². The molecule has 0 aromatic heterocycles. The Kier molecular flexibility index (Phi) is 1.57. The monoisotopic (exact) mass is 129 g/mol. The second-order valence-corrected chi connectivity index (χ2v) is 1.78. The molecule has 0 amide bonds. The summed E-state index contributed by atoms with van der Waals surface area (Å²) in [7, 11) is 0. The summed E-state index contributed by atoms with van der Waals surface area (Å²) in [4.78, 5) is 2.56. The Morgan fingerprint density at radius 1 is 1.56 bits per heavy atom. The Bertz CT molecular complexity index is 146. The maximum atomic E-state index is 7.99. The van der Waals surface area contributed by atoms with Crippen LogP contribution in [0.1, 0.15) is 6.92 Å². The molecular formula is C4H7N3O2. The highest BCUT2D eigenvalue weighted by molar-refractivity contribution is 4.64. The molecule has 0 aromatic carbocycles. The van der Waals surface area contributed by atoms with Crippen molar-refractivity contribution in [1.82, 2.24) is 0 Å². The van der Waals surface area contributed by atoms with E-state index in [0.29, 0.717) is 13.2 Å².